The summed E-state index contributed by atoms with van der Waals surface area (Å²) in [6, 6.07) is 15.9. The number of aromatic nitrogens is 3. The fraction of sp³-hybridized carbons (Fsp3) is 0.423. The van der Waals surface area contributed by atoms with Crippen molar-refractivity contribution in [3.63, 3.8) is 0 Å². The Kier molecular flexibility index (Phi) is 7.91. The molecule has 6 nitrogen and oxygen atoms in total. The molecule has 0 amide bonds. The van der Waals surface area contributed by atoms with E-state index in [2.05, 4.69) is 29.2 Å². The minimum Gasteiger partial charge on any atom is -0.379 e. The van der Waals surface area contributed by atoms with E-state index in [-0.39, 0.29) is 12.3 Å². The van der Waals surface area contributed by atoms with Gasteiger partial charge in [-0.25, -0.2) is 9.67 Å². The van der Waals surface area contributed by atoms with E-state index in [1.54, 1.807) is 4.68 Å². The van der Waals surface area contributed by atoms with Gasteiger partial charge < -0.3 is 4.74 Å². The summed E-state index contributed by atoms with van der Waals surface area (Å²) >= 11 is 6.21. The fourth-order valence-corrected chi connectivity index (χ4v) is 4.23. The lowest BCUT2D eigenvalue weighted by Crippen LogP contribution is -2.37. The predicted molar refractivity (Wildman–Crippen MR) is 131 cm³/mol. The number of carbonyl (C=O) groups excluding carboxylic acids is 1. The monoisotopic (exact) mass is 466 g/mol. The minimum atomic E-state index is 0.142. The summed E-state index contributed by atoms with van der Waals surface area (Å²) in [6.45, 7) is 8.97. The first kappa shape index (κ1) is 23.6. The van der Waals surface area contributed by atoms with Gasteiger partial charge in [-0.05, 0) is 30.0 Å². The molecule has 33 heavy (non-hydrogen) atoms. The van der Waals surface area contributed by atoms with Crippen LogP contribution in [0.3, 0.4) is 0 Å². The Labute approximate surface area is 200 Å². The lowest BCUT2D eigenvalue weighted by atomic mass is 10.1. The van der Waals surface area contributed by atoms with E-state index < -0.39 is 0 Å². The van der Waals surface area contributed by atoms with Gasteiger partial charge in [0.15, 0.2) is 17.4 Å². The van der Waals surface area contributed by atoms with E-state index in [1.165, 1.54) is 5.56 Å². The Hall–Kier alpha value is -2.54. The van der Waals surface area contributed by atoms with Crippen LogP contribution in [0.5, 0.6) is 0 Å². The van der Waals surface area contributed by atoms with Gasteiger partial charge >= 0.3 is 0 Å². The second-order valence-electron chi connectivity index (χ2n) is 8.96. The zero-order chi connectivity index (χ0) is 23.2. The number of nitrogens with zero attached hydrogens (tertiary/aromatic N) is 4. The number of hydrogen-bond donors (Lipinski definition) is 0. The van der Waals surface area contributed by atoms with Gasteiger partial charge in [0, 0.05) is 42.2 Å². The van der Waals surface area contributed by atoms with E-state index in [4.69, 9.17) is 26.4 Å². The zero-order valence-corrected chi connectivity index (χ0v) is 20.1. The molecule has 0 bridgehead atoms. The van der Waals surface area contributed by atoms with E-state index in [0.717, 1.165) is 50.4 Å². The average molecular weight is 467 g/mol. The summed E-state index contributed by atoms with van der Waals surface area (Å²) < 4.78 is 7.13. The number of ether oxygens (including phenoxy) is 1. The van der Waals surface area contributed by atoms with Gasteiger partial charge in [-0.15, -0.1) is 5.10 Å². The van der Waals surface area contributed by atoms with Crippen LogP contribution in [0.15, 0.2) is 48.5 Å². The Balaban J connectivity index is 1.54. The number of halogens is 1. The van der Waals surface area contributed by atoms with Crippen LogP contribution in [-0.4, -0.2) is 58.3 Å². The molecule has 0 saturated carbocycles. The third-order valence-electron chi connectivity index (χ3n) is 5.75. The average Bonchev–Trinajstić information content (AvgIpc) is 3.22. The molecule has 0 N–H and O–H groups in total. The van der Waals surface area contributed by atoms with E-state index in [0.29, 0.717) is 29.0 Å². The van der Waals surface area contributed by atoms with Gasteiger partial charge in [-0.2, -0.15) is 0 Å². The molecule has 1 fully saturated rings. The summed E-state index contributed by atoms with van der Waals surface area (Å²) in [7, 11) is 0. The predicted octanol–water partition coefficient (Wildman–Crippen LogP) is 4.76. The quantitative estimate of drug-likeness (QED) is 0.455. The number of benzene rings is 2. The standard InChI is InChI=1S/C26H31ClN4O2/c1-19(2)16-24(32)18-31-26(22-4-3-5-23(27)17-22)28-25(29-31)21-8-6-20(7-9-21)10-11-30-12-14-33-15-13-30/h3-9,17,19H,10-16,18H2,1-2H3. The molecule has 174 valence electrons. The van der Waals surface area contributed by atoms with Crippen molar-refractivity contribution in [2.24, 2.45) is 5.92 Å². The molecule has 3 aromatic rings. The second kappa shape index (κ2) is 11.1. The molecule has 7 heteroatoms. The van der Waals surface area contributed by atoms with Crippen molar-refractivity contribution in [1.82, 2.24) is 19.7 Å². The van der Waals surface area contributed by atoms with Crippen molar-refractivity contribution < 1.29 is 9.53 Å². The van der Waals surface area contributed by atoms with Gasteiger partial charge in [0.25, 0.3) is 0 Å². The van der Waals surface area contributed by atoms with Crippen molar-refractivity contribution in [3.05, 3.63) is 59.1 Å². The van der Waals surface area contributed by atoms with Crippen molar-refractivity contribution in [3.8, 4) is 22.8 Å². The van der Waals surface area contributed by atoms with Crippen molar-refractivity contribution >= 4 is 17.4 Å². The topological polar surface area (TPSA) is 60.2 Å². The van der Waals surface area contributed by atoms with Crippen LogP contribution in [0.4, 0.5) is 0 Å². The fourth-order valence-electron chi connectivity index (χ4n) is 4.04. The maximum atomic E-state index is 12.5. The van der Waals surface area contributed by atoms with Crippen LogP contribution in [0.25, 0.3) is 22.8 Å². The number of hydrogen-bond acceptors (Lipinski definition) is 5. The summed E-state index contributed by atoms with van der Waals surface area (Å²) in [5.41, 5.74) is 3.07. The highest BCUT2D eigenvalue weighted by Crippen LogP contribution is 2.25. The molecule has 1 aliphatic heterocycles. The molecular formula is C26H31ClN4O2. The zero-order valence-electron chi connectivity index (χ0n) is 19.3. The van der Waals surface area contributed by atoms with Gasteiger partial charge in [0.2, 0.25) is 0 Å². The highest BCUT2D eigenvalue weighted by Gasteiger charge is 2.17. The number of carbonyl (C=O) groups is 1. The molecule has 0 aliphatic carbocycles. The molecular weight excluding hydrogens is 436 g/mol. The Morgan fingerprint density at radius 1 is 1.09 bits per heavy atom. The lowest BCUT2D eigenvalue weighted by molar-refractivity contribution is -0.120. The summed E-state index contributed by atoms with van der Waals surface area (Å²) in [6.07, 6.45) is 1.52. The first-order valence-electron chi connectivity index (χ1n) is 11.6. The van der Waals surface area contributed by atoms with Crippen molar-refractivity contribution in [2.75, 3.05) is 32.8 Å². The Bertz CT molecular complexity index is 1070. The van der Waals surface area contributed by atoms with E-state index in [1.807, 2.05) is 38.1 Å². The van der Waals surface area contributed by atoms with Crippen LogP contribution in [0.1, 0.15) is 25.8 Å². The van der Waals surface area contributed by atoms with E-state index in [9.17, 15) is 4.79 Å². The van der Waals surface area contributed by atoms with Gasteiger partial charge in [-0.3, -0.25) is 9.69 Å². The maximum absolute atomic E-state index is 12.5. The van der Waals surface area contributed by atoms with Crippen LogP contribution in [0, 0.1) is 5.92 Å². The summed E-state index contributed by atoms with van der Waals surface area (Å²) in [5.74, 6) is 1.71. The van der Waals surface area contributed by atoms with Crippen molar-refractivity contribution in [1.29, 1.82) is 0 Å². The Morgan fingerprint density at radius 2 is 1.85 bits per heavy atom. The van der Waals surface area contributed by atoms with Crippen LogP contribution < -0.4 is 0 Å². The first-order chi connectivity index (χ1) is 16.0. The third-order valence-corrected chi connectivity index (χ3v) is 5.98. The molecule has 1 aliphatic rings. The largest absolute Gasteiger partial charge is 0.379 e. The molecule has 1 aromatic heterocycles. The lowest BCUT2D eigenvalue weighted by Gasteiger charge is -2.26. The number of rotatable bonds is 9. The summed E-state index contributed by atoms with van der Waals surface area (Å²) in [5, 5.41) is 5.33. The first-order valence-corrected chi connectivity index (χ1v) is 12.0. The third kappa shape index (κ3) is 6.50. The van der Waals surface area contributed by atoms with Crippen molar-refractivity contribution in [2.45, 2.75) is 33.2 Å². The van der Waals surface area contributed by atoms with Crippen LogP contribution >= 0.6 is 11.6 Å². The molecule has 1 saturated heterocycles. The number of morpholine rings is 1. The molecule has 2 aromatic carbocycles. The minimum absolute atomic E-state index is 0.142. The van der Waals surface area contributed by atoms with Gasteiger partial charge in [-0.1, -0.05) is 61.8 Å². The van der Waals surface area contributed by atoms with E-state index >= 15 is 0 Å². The highest BCUT2D eigenvalue weighted by atomic mass is 35.5. The molecule has 0 radical (unpaired) electrons. The normalized spacial score (nSPS) is 14.7. The Morgan fingerprint density at radius 3 is 2.55 bits per heavy atom. The number of ketones is 1. The van der Waals surface area contributed by atoms with Gasteiger partial charge in [0.1, 0.15) is 6.54 Å². The number of Topliss-reactive ketones (excluding diaryl/α,β-unsaturated/α-hetero) is 1. The maximum Gasteiger partial charge on any atom is 0.181 e. The molecule has 0 spiro atoms. The molecule has 0 atom stereocenters. The van der Waals surface area contributed by atoms with Crippen LogP contribution in [-0.2, 0) is 22.5 Å². The highest BCUT2D eigenvalue weighted by molar-refractivity contribution is 6.30. The molecule has 4 rings (SSSR count). The molecule has 2 heterocycles. The second-order valence-corrected chi connectivity index (χ2v) is 9.40. The smallest absolute Gasteiger partial charge is 0.181 e. The van der Waals surface area contributed by atoms with Gasteiger partial charge in [0.05, 0.1) is 13.2 Å². The molecule has 0 unspecified atom stereocenters. The van der Waals surface area contributed by atoms with Crippen LogP contribution in [0.2, 0.25) is 5.02 Å². The summed E-state index contributed by atoms with van der Waals surface area (Å²) in [4.78, 5) is 19.8. The SMILES string of the molecule is CC(C)CC(=O)Cn1nc(-c2ccc(CCN3CCOCC3)cc2)nc1-c1cccc(Cl)c1.